The highest BCUT2D eigenvalue weighted by molar-refractivity contribution is 7.89. The van der Waals surface area contributed by atoms with Gasteiger partial charge < -0.3 is 9.26 Å². The number of benzene rings is 2. The van der Waals surface area contributed by atoms with Gasteiger partial charge >= 0.3 is 0 Å². The van der Waals surface area contributed by atoms with E-state index >= 15 is 0 Å². The molecule has 0 saturated carbocycles. The van der Waals surface area contributed by atoms with Crippen molar-refractivity contribution < 1.29 is 17.7 Å². The average Bonchev–Trinajstić information content (AvgIpc) is 3.20. The van der Waals surface area contributed by atoms with Crippen LogP contribution in [0.25, 0.3) is 11.4 Å². The first kappa shape index (κ1) is 19.6. The Morgan fingerprint density at radius 3 is 2.62 bits per heavy atom. The predicted octanol–water partition coefficient (Wildman–Crippen LogP) is 3.41. The van der Waals surface area contributed by atoms with E-state index in [1.807, 2.05) is 37.3 Å². The molecular weight excluding hydrogens is 390 g/mol. The SMILES string of the molecule is COc1cc2c(cc1S(=O)(=O)NCc1nc(-c3cccc(C)c3)no1)CCCC2. The number of nitrogens with zero attached hydrogens (tertiary/aromatic N) is 2. The smallest absolute Gasteiger partial charge is 0.244 e. The maximum absolute atomic E-state index is 12.9. The van der Waals surface area contributed by atoms with E-state index in [0.717, 1.165) is 47.9 Å². The zero-order valence-electron chi connectivity index (χ0n) is 16.4. The van der Waals surface area contributed by atoms with Gasteiger partial charge in [0, 0.05) is 5.56 Å². The van der Waals surface area contributed by atoms with Crippen LogP contribution in [0.4, 0.5) is 0 Å². The lowest BCUT2D eigenvalue weighted by Gasteiger charge is -2.19. The average molecular weight is 413 g/mol. The zero-order chi connectivity index (χ0) is 20.4. The number of rotatable bonds is 6. The lowest BCUT2D eigenvalue weighted by molar-refractivity contribution is 0.375. The second-order valence-corrected chi connectivity index (χ2v) is 8.92. The van der Waals surface area contributed by atoms with Crippen LogP contribution in [0, 0.1) is 6.92 Å². The van der Waals surface area contributed by atoms with E-state index in [9.17, 15) is 8.42 Å². The molecule has 1 aliphatic carbocycles. The molecule has 1 heterocycles. The minimum absolute atomic E-state index is 0.0958. The van der Waals surface area contributed by atoms with E-state index in [0.29, 0.717) is 11.6 Å². The van der Waals surface area contributed by atoms with E-state index < -0.39 is 10.0 Å². The minimum Gasteiger partial charge on any atom is -0.495 e. The van der Waals surface area contributed by atoms with Crippen molar-refractivity contribution in [1.82, 2.24) is 14.9 Å². The molecule has 1 N–H and O–H groups in total. The number of hydrogen-bond acceptors (Lipinski definition) is 6. The Morgan fingerprint density at radius 2 is 1.90 bits per heavy atom. The fourth-order valence-corrected chi connectivity index (χ4v) is 4.75. The molecule has 0 radical (unpaired) electrons. The van der Waals surface area contributed by atoms with Crippen LogP contribution in [-0.2, 0) is 29.4 Å². The van der Waals surface area contributed by atoms with Crippen molar-refractivity contribution >= 4 is 10.0 Å². The molecule has 0 bridgehead atoms. The summed E-state index contributed by atoms with van der Waals surface area (Å²) in [5.41, 5.74) is 4.12. The van der Waals surface area contributed by atoms with Crippen LogP contribution in [0.15, 0.2) is 45.8 Å². The lowest BCUT2D eigenvalue weighted by atomic mass is 9.92. The summed E-state index contributed by atoms with van der Waals surface area (Å²) in [4.78, 5) is 4.43. The van der Waals surface area contributed by atoms with Crippen LogP contribution in [-0.4, -0.2) is 25.7 Å². The van der Waals surface area contributed by atoms with Gasteiger partial charge in [0.2, 0.25) is 21.7 Å². The molecule has 0 fully saturated rings. The van der Waals surface area contributed by atoms with E-state index in [-0.39, 0.29) is 17.3 Å². The highest BCUT2D eigenvalue weighted by Gasteiger charge is 2.24. The molecule has 29 heavy (non-hydrogen) atoms. The van der Waals surface area contributed by atoms with Crippen molar-refractivity contribution in [2.75, 3.05) is 7.11 Å². The van der Waals surface area contributed by atoms with Gasteiger partial charge in [0.25, 0.3) is 0 Å². The van der Waals surface area contributed by atoms with Crippen molar-refractivity contribution in [3.8, 4) is 17.1 Å². The van der Waals surface area contributed by atoms with E-state index in [1.165, 1.54) is 7.11 Å². The second-order valence-electron chi connectivity index (χ2n) is 7.18. The van der Waals surface area contributed by atoms with Crippen molar-refractivity contribution in [1.29, 1.82) is 0 Å². The highest BCUT2D eigenvalue weighted by Crippen LogP contribution is 2.32. The first-order valence-electron chi connectivity index (χ1n) is 9.55. The maximum atomic E-state index is 12.9. The number of aryl methyl sites for hydroxylation is 3. The Balaban J connectivity index is 1.54. The third kappa shape index (κ3) is 4.18. The van der Waals surface area contributed by atoms with Crippen LogP contribution in [0.1, 0.15) is 35.4 Å². The number of methoxy groups -OCH3 is 1. The van der Waals surface area contributed by atoms with Gasteiger partial charge in [0.05, 0.1) is 13.7 Å². The Morgan fingerprint density at radius 1 is 1.14 bits per heavy atom. The van der Waals surface area contributed by atoms with Crippen LogP contribution in [0.3, 0.4) is 0 Å². The second kappa shape index (κ2) is 7.96. The quantitative estimate of drug-likeness (QED) is 0.665. The molecule has 0 spiro atoms. The van der Waals surface area contributed by atoms with Crippen LogP contribution in [0.2, 0.25) is 0 Å². The Kier molecular flexibility index (Phi) is 5.38. The lowest BCUT2D eigenvalue weighted by Crippen LogP contribution is -2.24. The largest absolute Gasteiger partial charge is 0.495 e. The van der Waals surface area contributed by atoms with Crippen molar-refractivity contribution in [2.24, 2.45) is 0 Å². The number of nitrogens with one attached hydrogen (secondary N) is 1. The van der Waals surface area contributed by atoms with Crippen LogP contribution in [0.5, 0.6) is 5.75 Å². The van der Waals surface area contributed by atoms with E-state index in [4.69, 9.17) is 9.26 Å². The first-order valence-corrected chi connectivity index (χ1v) is 11.0. The Hall–Kier alpha value is -2.71. The number of ether oxygens (including phenoxy) is 1. The molecule has 1 aromatic heterocycles. The van der Waals surface area contributed by atoms with Crippen molar-refractivity contribution in [3.05, 3.63) is 59.0 Å². The number of fused-ring (bicyclic) bond motifs is 1. The Bertz CT molecular complexity index is 1140. The van der Waals surface area contributed by atoms with E-state index in [1.54, 1.807) is 6.07 Å². The summed E-state index contributed by atoms with van der Waals surface area (Å²) in [6, 6.07) is 11.3. The number of sulfonamides is 1. The Labute approximate surface area is 170 Å². The summed E-state index contributed by atoms with van der Waals surface area (Å²) in [7, 11) is -2.32. The van der Waals surface area contributed by atoms with Gasteiger partial charge in [-0.15, -0.1) is 0 Å². The van der Waals surface area contributed by atoms with Gasteiger partial charge in [-0.3, -0.25) is 0 Å². The maximum Gasteiger partial charge on any atom is 0.244 e. The van der Waals surface area contributed by atoms with Crippen LogP contribution >= 0.6 is 0 Å². The summed E-state index contributed by atoms with van der Waals surface area (Å²) in [5, 5.41) is 3.95. The summed E-state index contributed by atoms with van der Waals surface area (Å²) < 4.78 is 38.9. The summed E-state index contributed by atoms with van der Waals surface area (Å²) in [6.07, 6.45) is 4.01. The van der Waals surface area contributed by atoms with Gasteiger partial charge in [-0.05, 0) is 61.9 Å². The van der Waals surface area contributed by atoms with Crippen LogP contribution < -0.4 is 9.46 Å². The fraction of sp³-hybridized carbons (Fsp3) is 0.333. The van der Waals surface area contributed by atoms with Gasteiger partial charge in [0.1, 0.15) is 10.6 Å². The molecule has 8 heteroatoms. The molecular formula is C21H23N3O4S. The van der Waals surface area contributed by atoms with Gasteiger partial charge in [-0.1, -0.05) is 28.9 Å². The number of aromatic nitrogens is 2. The molecule has 4 rings (SSSR count). The fourth-order valence-electron chi connectivity index (χ4n) is 3.57. The zero-order valence-corrected chi connectivity index (χ0v) is 17.3. The first-order chi connectivity index (χ1) is 14.0. The van der Waals surface area contributed by atoms with Crippen molar-refractivity contribution in [2.45, 2.75) is 44.0 Å². The van der Waals surface area contributed by atoms with Gasteiger partial charge in [0.15, 0.2) is 0 Å². The molecule has 0 unspecified atom stereocenters. The molecule has 2 aromatic carbocycles. The van der Waals surface area contributed by atoms with E-state index in [2.05, 4.69) is 14.9 Å². The predicted molar refractivity (Wildman–Crippen MR) is 108 cm³/mol. The third-order valence-corrected chi connectivity index (χ3v) is 6.50. The molecule has 0 amide bonds. The molecule has 0 saturated heterocycles. The molecule has 3 aromatic rings. The minimum atomic E-state index is -3.80. The van der Waals surface area contributed by atoms with Gasteiger partial charge in [-0.2, -0.15) is 4.98 Å². The molecule has 0 aliphatic heterocycles. The molecule has 1 aliphatic rings. The summed E-state index contributed by atoms with van der Waals surface area (Å²) >= 11 is 0. The highest BCUT2D eigenvalue weighted by atomic mass is 32.2. The topological polar surface area (TPSA) is 94.3 Å². The number of hydrogen-bond donors (Lipinski definition) is 1. The van der Waals surface area contributed by atoms with Gasteiger partial charge in [-0.25, -0.2) is 13.1 Å². The third-order valence-electron chi connectivity index (χ3n) is 5.08. The molecule has 152 valence electrons. The monoisotopic (exact) mass is 413 g/mol. The standard InChI is InChI=1S/C21H23N3O4S/c1-14-6-5-9-17(10-14)21-23-20(28-24-21)13-22-29(25,26)19-12-16-8-4-3-7-15(16)11-18(19)27-2/h5-6,9-12,22H,3-4,7-8,13H2,1-2H3. The molecule has 0 atom stereocenters. The normalized spacial score (nSPS) is 13.9. The summed E-state index contributed by atoms with van der Waals surface area (Å²) in [5.74, 6) is 0.973. The molecule has 7 nitrogen and oxygen atoms in total. The van der Waals surface area contributed by atoms with Crippen molar-refractivity contribution in [3.63, 3.8) is 0 Å². The summed E-state index contributed by atoms with van der Waals surface area (Å²) in [6.45, 7) is 1.88.